The van der Waals surface area contributed by atoms with Crippen molar-refractivity contribution in [3.8, 4) is 11.8 Å². The lowest BCUT2D eigenvalue weighted by atomic mass is 10.1. The van der Waals surface area contributed by atoms with Crippen LogP contribution in [-0.4, -0.2) is 35.1 Å². The molecule has 4 heteroatoms. The fraction of sp³-hybridized carbons (Fsp3) is 0.588. The minimum absolute atomic E-state index is 0.104. The van der Waals surface area contributed by atoms with Gasteiger partial charge in [-0.1, -0.05) is 38.5 Å². The van der Waals surface area contributed by atoms with Crippen LogP contribution < -0.4 is 0 Å². The third kappa shape index (κ3) is 4.09. The number of aliphatic hydroxyl groups is 1. The van der Waals surface area contributed by atoms with Crippen LogP contribution in [0.25, 0.3) is 0 Å². The molecule has 1 saturated carbocycles. The Morgan fingerprint density at radius 2 is 2.19 bits per heavy atom. The van der Waals surface area contributed by atoms with E-state index < -0.39 is 0 Å². The van der Waals surface area contributed by atoms with Gasteiger partial charge in [0.25, 0.3) is 5.91 Å². The zero-order valence-corrected chi connectivity index (χ0v) is 13.6. The van der Waals surface area contributed by atoms with Crippen molar-refractivity contribution < 1.29 is 9.90 Å². The number of thiophene rings is 1. The lowest BCUT2D eigenvalue weighted by Crippen LogP contribution is -2.41. The van der Waals surface area contributed by atoms with Crippen LogP contribution in [0.5, 0.6) is 0 Å². The summed E-state index contributed by atoms with van der Waals surface area (Å²) in [5, 5.41) is 10.7. The van der Waals surface area contributed by atoms with Crippen molar-refractivity contribution in [1.29, 1.82) is 0 Å². The Kier molecular flexibility index (Phi) is 5.84. The molecule has 114 valence electrons. The second-order valence-electron chi connectivity index (χ2n) is 5.91. The van der Waals surface area contributed by atoms with E-state index in [0.717, 1.165) is 24.9 Å². The first-order valence-electron chi connectivity index (χ1n) is 7.61. The van der Waals surface area contributed by atoms with Gasteiger partial charge in [0.1, 0.15) is 11.5 Å². The van der Waals surface area contributed by atoms with E-state index in [4.69, 9.17) is 5.11 Å². The van der Waals surface area contributed by atoms with Gasteiger partial charge in [-0.2, -0.15) is 0 Å². The van der Waals surface area contributed by atoms with Crippen LogP contribution >= 0.6 is 11.3 Å². The topological polar surface area (TPSA) is 40.5 Å². The Balaban J connectivity index is 2.23. The Labute approximate surface area is 131 Å². The molecule has 21 heavy (non-hydrogen) atoms. The quantitative estimate of drug-likeness (QED) is 0.868. The van der Waals surface area contributed by atoms with Crippen molar-refractivity contribution in [2.24, 2.45) is 5.92 Å². The number of hydrogen-bond acceptors (Lipinski definition) is 3. The molecule has 0 aliphatic heterocycles. The summed E-state index contributed by atoms with van der Waals surface area (Å²) in [4.78, 5) is 15.7. The molecule has 1 aliphatic carbocycles. The largest absolute Gasteiger partial charge is 0.384 e. The summed E-state index contributed by atoms with van der Waals surface area (Å²) in [6, 6.07) is 2.24. The van der Waals surface area contributed by atoms with E-state index in [9.17, 15) is 4.79 Å². The highest BCUT2D eigenvalue weighted by atomic mass is 32.1. The summed E-state index contributed by atoms with van der Waals surface area (Å²) in [6.07, 6.45) is 4.66. The summed E-state index contributed by atoms with van der Waals surface area (Å²) in [7, 11) is 0. The summed E-state index contributed by atoms with van der Waals surface area (Å²) in [5.74, 6) is 6.09. The Morgan fingerprint density at radius 3 is 2.81 bits per heavy atom. The third-order valence-corrected chi connectivity index (χ3v) is 4.65. The van der Waals surface area contributed by atoms with Crippen molar-refractivity contribution in [2.75, 3.05) is 13.2 Å². The minimum atomic E-state index is -0.179. The van der Waals surface area contributed by atoms with E-state index >= 15 is 0 Å². The van der Waals surface area contributed by atoms with E-state index in [1.165, 1.54) is 24.2 Å². The molecule has 0 aromatic carbocycles. The summed E-state index contributed by atoms with van der Waals surface area (Å²) in [5.41, 5.74) is 0.741. The van der Waals surface area contributed by atoms with Gasteiger partial charge in [-0.15, -0.1) is 11.3 Å². The van der Waals surface area contributed by atoms with Gasteiger partial charge < -0.3 is 10.0 Å². The molecule has 1 aliphatic rings. The van der Waals surface area contributed by atoms with Gasteiger partial charge >= 0.3 is 0 Å². The van der Waals surface area contributed by atoms with Crippen LogP contribution in [0.2, 0.25) is 0 Å². The van der Waals surface area contributed by atoms with Gasteiger partial charge in [0.15, 0.2) is 0 Å². The molecular weight excluding hydrogens is 282 g/mol. The monoisotopic (exact) mass is 305 g/mol. The van der Waals surface area contributed by atoms with Crippen LogP contribution in [0.15, 0.2) is 11.4 Å². The van der Waals surface area contributed by atoms with Crippen molar-refractivity contribution in [3.05, 3.63) is 21.9 Å². The van der Waals surface area contributed by atoms with Crippen LogP contribution in [-0.2, 0) is 0 Å². The molecule has 1 heterocycles. The third-order valence-electron chi connectivity index (χ3n) is 3.75. The maximum Gasteiger partial charge on any atom is 0.265 e. The molecule has 0 radical (unpaired) electrons. The summed E-state index contributed by atoms with van der Waals surface area (Å²) >= 11 is 1.45. The SMILES string of the molecule is CC(C)CN(C(=O)c1sccc1C#CCO)C1CCCC1. The van der Waals surface area contributed by atoms with Gasteiger partial charge in [0.05, 0.1) is 0 Å². The molecule has 0 bridgehead atoms. The van der Waals surface area contributed by atoms with Crippen molar-refractivity contribution >= 4 is 17.2 Å². The molecule has 0 spiro atoms. The summed E-state index contributed by atoms with van der Waals surface area (Å²) < 4.78 is 0. The van der Waals surface area contributed by atoms with Crippen molar-refractivity contribution in [3.63, 3.8) is 0 Å². The predicted octanol–water partition coefficient (Wildman–Crippen LogP) is 3.13. The standard InChI is InChI=1S/C17H23NO2S/c1-13(2)12-18(15-7-3-4-8-15)17(20)16-14(6-5-10-19)9-11-21-16/h9,11,13,15,19H,3-4,7-8,10,12H2,1-2H3. The number of rotatable bonds is 4. The highest BCUT2D eigenvalue weighted by molar-refractivity contribution is 7.12. The molecule has 1 fully saturated rings. The molecule has 1 aromatic heterocycles. The molecule has 1 N–H and O–H groups in total. The smallest absolute Gasteiger partial charge is 0.265 e. The van der Waals surface area contributed by atoms with E-state index in [2.05, 4.69) is 25.7 Å². The van der Waals surface area contributed by atoms with E-state index in [-0.39, 0.29) is 12.5 Å². The normalized spacial score (nSPS) is 15.0. The van der Waals surface area contributed by atoms with Crippen LogP contribution in [0.4, 0.5) is 0 Å². The number of carbonyl (C=O) groups excluding carboxylic acids is 1. The van der Waals surface area contributed by atoms with Gasteiger partial charge in [-0.3, -0.25) is 4.79 Å². The zero-order chi connectivity index (χ0) is 15.2. The fourth-order valence-corrected chi connectivity index (χ4v) is 3.65. The molecular formula is C17H23NO2S. The van der Waals surface area contributed by atoms with Crippen molar-refractivity contribution in [1.82, 2.24) is 4.90 Å². The first-order chi connectivity index (χ1) is 10.1. The lowest BCUT2D eigenvalue weighted by molar-refractivity contribution is 0.0660. The van der Waals surface area contributed by atoms with Gasteiger partial charge in [-0.25, -0.2) is 0 Å². The minimum Gasteiger partial charge on any atom is -0.384 e. The fourth-order valence-electron chi connectivity index (χ4n) is 2.85. The van der Waals surface area contributed by atoms with Crippen LogP contribution in [0.1, 0.15) is 54.8 Å². The number of amides is 1. The first kappa shape index (κ1) is 16.1. The van der Waals surface area contributed by atoms with E-state index in [1.54, 1.807) is 0 Å². The van der Waals surface area contributed by atoms with Crippen LogP contribution in [0.3, 0.4) is 0 Å². The molecule has 3 nitrogen and oxygen atoms in total. The zero-order valence-electron chi connectivity index (χ0n) is 12.8. The van der Waals surface area contributed by atoms with Crippen molar-refractivity contribution in [2.45, 2.75) is 45.6 Å². The van der Waals surface area contributed by atoms with E-state index in [1.807, 2.05) is 16.3 Å². The highest BCUT2D eigenvalue weighted by Crippen LogP contribution is 2.28. The molecule has 1 aromatic rings. The molecule has 0 saturated heterocycles. The molecule has 0 unspecified atom stereocenters. The number of aliphatic hydroxyl groups excluding tert-OH is 1. The lowest BCUT2D eigenvalue weighted by Gasteiger charge is -2.30. The van der Waals surface area contributed by atoms with E-state index in [0.29, 0.717) is 16.8 Å². The second-order valence-corrected chi connectivity index (χ2v) is 6.83. The Morgan fingerprint density at radius 1 is 1.48 bits per heavy atom. The predicted molar refractivity (Wildman–Crippen MR) is 86.4 cm³/mol. The van der Waals surface area contributed by atoms with Gasteiger partial charge in [0.2, 0.25) is 0 Å². The van der Waals surface area contributed by atoms with Gasteiger partial charge in [0, 0.05) is 18.2 Å². The average Bonchev–Trinajstić information content (AvgIpc) is 3.12. The highest BCUT2D eigenvalue weighted by Gasteiger charge is 2.29. The number of hydrogen-bond donors (Lipinski definition) is 1. The Bertz CT molecular complexity index is 532. The maximum atomic E-state index is 12.9. The molecule has 0 atom stereocenters. The first-order valence-corrected chi connectivity index (χ1v) is 8.49. The molecule has 1 amide bonds. The van der Waals surface area contributed by atoms with Gasteiger partial charge in [-0.05, 0) is 30.2 Å². The number of nitrogens with zero attached hydrogens (tertiary/aromatic N) is 1. The maximum absolute atomic E-state index is 12.9. The van der Waals surface area contributed by atoms with Crippen LogP contribution in [0, 0.1) is 17.8 Å². The Hall–Kier alpha value is -1.31. The second kappa shape index (κ2) is 7.63. The average molecular weight is 305 g/mol. The molecule has 2 rings (SSSR count). The number of carbonyl (C=O) groups is 1. The summed E-state index contributed by atoms with van der Waals surface area (Å²) in [6.45, 7) is 4.92.